The molecule has 1 fully saturated rings. The topological polar surface area (TPSA) is 38.8 Å². The average Bonchev–Trinajstić information content (AvgIpc) is 2.53. The van der Waals surface area contributed by atoms with Crippen molar-refractivity contribution in [1.82, 2.24) is 4.90 Å². The molecule has 0 bridgehead atoms. The summed E-state index contributed by atoms with van der Waals surface area (Å²) >= 11 is 0. The molecule has 2 unspecified atom stereocenters. The smallest absolute Gasteiger partial charge is 0.158 e. The Morgan fingerprint density at radius 2 is 1.66 bits per heavy atom. The number of ether oxygens (including phenoxy) is 2. The molecule has 0 aromatic heterocycles. The maximum Gasteiger partial charge on any atom is 0.158 e. The summed E-state index contributed by atoms with van der Waals surface area (Å²) in [5.74, 6) is 1.19. The number of carbonyl (C=O) groups is 1. The van der Waals surface area contributed by atoms with Gasteiger partial charge in [-0.2, -0.15) is 0 Å². The van der Waals surface area contributed by atoms with Crippen molar-refractivity contribution in [3.05, 3.63) is 23.3 Å². The minimum atomic E-state index is -1.94. The summed E-state index contributed by atoms with van der Waals surface area (Å²) in [6, 6.07) is 3.44. The highest BCUT2D eigenvalue weighted by Crippen LogP contribution is 2.43. The minimum absolute atomic E-state index is 0.0489. The van der Waals surface area contributed by atoms with Crippen molar-refractivity contribution in [2.75, 3.05) is 13.1 Å². The van der Waals surface area contributed by atoms with Crippen molar-refractivity contribution in [2.45, 2.75) is 49.7 Å². The third-order valence-electron chi connectivity index (χ3n) is 5.31. The van der Waals surface area contributed by atoms with E-state index < -0.39 is 10.6 Å². The van der Waals surface area contributed by atoms with Crippen LogP contribution in [0.25, 0.3) is 0 Å². The zero-order chi connectivity index (χ0) is 21.6. The summed E-state index contributed by atoms with van der Waals surface area (Å²) in [6.45, 7) is 5.87. The summed E-state index contributed by atoms with van der Waals surface area (Å²) in [5.41, 5.74) is 1.96. The largest absolute Gasteiger partial charge is 0.512 e. The standard InChI is InChI=1S/C19H21B6NO3/c1-10(2)5-12-9-26-4-3-11-6-16(28-18(20,21)22)17(29-19(23,24)25)7-13(11)14(26)8-15(12)27/h6-7,10,12,14H,3-5,8-9H2,1-2H3. The Bertz CT molecular complexity index is 774. The molecule has 138 valence electrons. The van der Waals surface area contributed by atoms with Crippen LogP contribution in [-0.2, 0) is 11.2 Å². The number of hydrogen-bond acceptors (Lipinski definition) is 4. The van der Waals surface area contributed by atoms with Crippen LogP contribution in [0.15, 0.2) is 12.1 Å². The monoisotopic (exact) mass is 377 g/mol. The molecule has 1 aromatic carbocycles. The predicted octanol–water partition coefficient (Wildman–Crippen LogP) is 0.212. The first-order chi connectivity index (χ1) is 13.3. The molecule has 3 rings (SSSR count). The van der Waals surface area contributed by atoms with Gasteiger partial charge in [0.1, 0.15) is 52.9 Å². The molecule has 1 aromatic rings. The molecule has 0 amide bonds. The van der Waals surface area contributed by atoms with Gasteiger partial charge in [0.15, 0.2) is 11.5 Å². The predicted molar refractivity (Wildman–Crippen MR) is 118 cm³/mol. The molecule has 0 spiro atoms. The van der Waals surface area contributed by atoms with E-state index in [4.69, 9.17) is 56.6 Å². The van der Waals surface area contributed by atoms with Crippen LogP contribution >= 0.6 is 0 Å². The SMILES string of the molecule is [B]C([B])([B])Oc1cc2c(cc1OC([B])([B])[B])C1CC(=O)C(CC(C)C)CN1CC2. The second kappa shape index (κ2) is 8.17. The molecule has 2 aliphatic rings. The summed E-state index contributed by atoms with van der Waals surface area (Å²) in [4.78, 5) is 15.1. The lowest BCUT2D eigenvalue weighted by atomic mass is 9.52. The molecule has 0 aliphatic carbocycles. The van der Waals surface area contributed by atoms with Gasteiger partial charge < -0.3 is 9.47 Å². The van der Waals surface area contributed by atoms with Crippen molar-refractivity contribution < 1.29 is 14.3 Å². The number of Topliss-reactive ketones (excluding diaryl/α,β-unsaturated/α-hetero) is 1. The number of fused-ring (bicyclic) bond motifs is 3. The highest BCUT2D eigenvalue weighted by molar-refractivity contribution is 6.59. The number of nitrogens with zero attached hydrogens (tertiary/aromatic N) is 1. The quantitative estimate of drug-likeness (QED) is 0.666. The molecule has 10 heteroatoms. The minimum Gasteiger partial charge on any atom is -0.512 e. The fourth-order valence-electron chi connectivity index (χ4n) is 4.28. The highest BCUT2D eigenvalue weighted by Gasteiger charge is 2.39. The fourth-order valence-corrected chi connectivity index (χ4v) is 4.28. The van der Waals surface area contributed by atoms with Gasteiger partial charge in [0.25, 0.3) is 0 Å². The molecule has 2 aliphatic heterocycles. The zero-order valence-electron chi connectivity index (χ0n) is 17.1. The Kier molecular flexibility index (Phi) is 6.34. The van der Waals surface area contributed by atoms with E-state index in [1.54, 1.807) is 12.1 Å². The molecule has 1 saturated heterocycles. The molecular weight excluding hydrogens is 355 g/mol. The Morgan fingerprint density at radius 1 is 1.07 bits per heavy atom. The molecule has 2 heterocycles. The second-order valence-corrected chi connectivity index (χ2v) is 8.67. The molecular formula is C19H21B6NO3. The Labute approximate surface area is 181 Å². The summed E-state index contributed by atoms with van der Waals surface area (Å²) in [5, 5.41) is -3.86. The highest BCUT2D eigenvalue weighted by atomic mass is 16.5. The van der Waals surface area contributed by atoms with Gasteiger partial charge in [0.2, 0.25) is 0 Å². The molecule has 2 atom stereocenters. The van der Waals surface area contributed by atoms with Crippen molar-refractivity contribution in [1.29, 1.82) is 0 Å². The molecule has 0 N–H and O–H groups in total. The van der Waals surface area contributed by atoms with E-state index in [0.29, 0.717) is 12.3 Å². The van der Waals surface area contributed by atoms with Gasteiger partial charge in [0.05, 0.1) is 0 Å². The molecule has 29 heavy (non-hydrogen) atoms. The van der Waals surface area contributed by atoms with Crippen LogP contribution in [0, 0.1) is 11.8 Å². The van der Waals surface area contributed by atoms with Crippen LogP contribution in [-0.4, -0.2) is 81.4 Å². The third kappa shape index (κ3) is 5.71. The van der Waals surface area contributed by atoms with Crippen LogP contribution in [0.4, 0.5) is 0 Å². The van der Waals surface area contributed by atoms with Gasteiger partial charge in [-0.1, -0.05) is 13.8 Å². The number of benzene rings is 1. The van der Waals surface area contributed by atoms with Gasteiger partial charge in [0, 0.05) is 31.5 Å². The average molecular weight is 376 g/mol. The van der Waals surface area contributed by atoms with Crippen LogP contribution < -0.4 is 9.47 Å². The van der Waals surface area contributed by atoms with E-state index in [9.17, 15) is 4.79 Å². The number of piperidine rings is 1. The van der Waals surface area contributed by atoms with E-state index in [1.165, 1.54) is 0 Å². The maximum atomic E-state index is 12.8. The van der Waals surface area contributed by atoms with Crippen molar-refractivity contribution in [2.24, 2.45) is 11.8 Å². The first-order valence-electron chi connectivity index (χ1n) is 9.87. The molecule has 0 saturated carbocycles. The molecule has 4 nitrogen and oxygen atoms in total. The van der Waals surface area contributed by atoms with E-state index in [0.717, 1.165) is 37.1 Å². The summed E-state index contributed by atoms with van der Waals surface area (Å²) in [7, 11) is 33.6. The number of carbonyl (C=O) groups excluding carboxylic acids is 1. The van der Waals surface area contributed by atoms with E-state index in [-0.39, 0.29) is 29.2 Å². The van der Waals surface area contributed by atoms with Crippen molar-refractivity contribution in [3.8, 4) is 11.5 Å². The van der Waals surface area contributed by atoms with Gasteiger partial charge in [-0.25, -0.2) is 0 Å². The van der Waals surface area contributed by atoms with Crippen LogP contribution in [0.5, 0.6) is 11.5 Å². The fraction of sp³-hybridized carbons (Fsp3) is 0.632. The number of hydrogen-bond donors (Lipinski definition) is 0. The number of ketones is 1. The van der Waals surface area contributed by atoms with Crippen molar-refractivity contribution >= 4 is 52.9 Å². The third-order valence-corrected chi connectivity index (χ3v) is 5.31. The summed E-state index contributed by atoms with van der Waals surface area (Å²) in [6.07, 6.45) is 2.12. The van der Waals surface area contributed by atoms with Crippen LogP contribution in [0.3, 0.4) is 0 Å². The van der Waals surface area contributed by atoms with E-state index in [1.807, 2.05) is 0 Å². The lowest BCUT2D eigenvalue weighted by Crippen LogP contribution is -2.46. The normalized spacial score (nSPS) is 22.8. The second-order valence-electron chi connectivity index (χ2n) is 8.67. The maximum absolute atomic E-state index is 12.8. The summed E-state index contributed by atoms with van der Waals surface area (Å²) < 4.78 is 10.9. The first-order valence-corrected chi connectivity index (χ1v) is 9.87. The Balaban J connectivity index is 1.95. The lowest BCUT2D eigenvalue weighted by Gasteiger charge is -2.43. The van der Waals surface area contributed by atoms with E-state index >= 15 is 0 Å². The van der Waals surface area contributed by atoms with Crippen LogP contribution in [0.2, 0.25) is 0 Å². The Hall–Kier alpha value is -1.16. The zero-order valence-corrected chi connectivity index (χ0v) is 17.1. The van der Waals surface area contributed by atoms with Crippen molar-refractivity contribution in [3.63, 3.8) is 0 Å². The van der Waals surface area contributed by atoms with E-state index in [2.05, 4.69) is 18.7 Å². The van der Waals surface area contributed by atoms with Gasteiger partial charge in [-0.3, -0.25) is 9.69 Å². The van der Waals surface area contributed by atoms with Gasteiger partial charge in [-0.05, 0) is 52.6 Å². The first kappa shape index (κ1) is 22.5. The Morgan fingerprint density at radius 3 is 2.21 bits per heavy atom. The number of rotatable bonds is 6. The lowest BCUT2D eigenvalue weighted by molar-refractivity contribution is -0.129. The van der Waals surface area contributed by atoms with Crippen LogP contribution in [0.1, 0.15) is 43.9 Å². The molecule has 12 radical (unpaired) electrons. The van der Waals surface area contributed by atoms with Gasteiger partial charge in [-0.15, -0.1) is 0 Å². The van der Waals surface area contributed by atoms with Gasteiger partial charge >= 0.3 is 0 Å².